The minimum atomic E-state index is 1.15. The third-order valence-corrected chi connectivity index (χ3v) is 1.64. The molecule has 0 saturated heterocycles. The van der Waals surface area contributed by atoms with Crippen LogP contribution in [0.5, 0.6) is 0 Å². The first-order valence-electron chi connectivity index (χ1n) is 4.09. The van der Waals surface area contributed by atoms with Gasteiger partial charge in [-0.2, -0.15) is 5.10 Å². The lowest BCUT2D eigenvalue weighted by molar-refractivity contribution is 0.922. The number of aryl methyl sites for hydroxylation is 1. The van der Waals surface area contributed by atoms with Crippen molar-refractivity contribution in [1.29, 1.82) is 0 Å². The van der Waals surface area contributed by atoms with Crippen molar-refractivity contribution in [3.8, 4) is 0 Å². The van der Waals surface area contributed by atoms with E-state index in [1.165, 1.54) is 5.56 Å². The number of rotatable bonds is 2. The molecule has 1 aromatic heterocycles. The highest BCUT2D eigenvalue weighted by molar-refractivity contribution is 5.51. The Kier molecular flexibility index (Phi) is 2.86. The zero-order chi connectivity index (χ0) is 8.97. The number of hydrogen-bond acceptors (Lipinski definition) is 1. The van der Waals surface area contributed by atoms with Gasteiger partial charge in [0.05, 0.1) is 11.9 Å². The third-order valence-electron chi connectivity index (χ3n) is 1.64. The van der Waals surface area contributed by atoms with Crippen molar-refractivity contribution in [2.24, 2.45) is 0 Å². The molecule has 0 aliphatic rings. The van der Waals surface area contributed by atoms with Gasteiger partial charge in [0.15, 0.2) is 0 Å². The predicted octanol–water partition coefficient (Wildman–Crippen LogP) is 2.72. The van der Waals surface area contributed by atoms with Crippen LogP contribution in [0.25, 0.3) is 12.3 Å². The molecule has 2 heteroatoms. The molecule has 0 N–H and O–H groups in total. The molecule has 0 atom stereocenters. The molecular weight excluding hydrogens is 148 g/mol. The van der Waals surface area contributed by atoms with Crippen LogP contribution in [0.15, 0.2) is 18.3 Å². The standard InChI is InChI=1S/C10H14N2/c1-4-6-10-9(3)8-11-12(10)7-5-2/h4-8H,1-3H3/b6-4-,7-5-. The quantitative estimate of drug-likeness (QED) is 0.653. The molecule has 1 heterocycles. The van der Waals surface area contributed by atoms with Crippen LogP contribution < -0.4 is 0 Å². The van der Waals surface area contributed by atoms with Gasteiger partial charge >= 0.3 is 0 Å². The summed E-state index contributed by atoms with van der Waals surface area (Å²) >= 11 is 0. The molecular formula is C10H14N2. The van der Waals surface area contributed by atoms with Gasteiger partial charge in [-0.25, -0.2) is 4.68 Å². The molecule has 0 aliphatic carbocycles. The van der Waals surface area contributed by atoms with Gasteiger partial charge in [-0.05, 0) is 32.4 Å². The topological polar surface area (TPSA) is 17.8 Å². The summed E-state index contributed by atoms with van der Waals surface area (Å²) in [6.07, 6.45) is 9.86. The lowest BCUT2D eigenvalue weighted by atomic mass is 10.2. The third kappa shape index (κ3) is 1.64. The van der Waals surface area contributed by atoms with Crippen molar-refractivity contribution < 1.29 is 0 Å². The molecule has 1 aromatic rings. The molecule has 0 aromatic carbocycles. The molecule has 0 radical (unpaired) electrons. The van der Waals surface area contributed by atoms with Crippen molar-refractivity contribution in [3.63, 3.8) is 0 Å². The largest absolute Gasteiger partial charge is 0.241 e. The Bertz CT molecular complexity index is 306. The van der Waals surface area contributed by atoms with Crippen LogP contribution in [-0.4, -0.2) is 9.78 Å². The van der Waals surface area contributed by atoms with E-state index in [0.29, 0.717) is 0 Å². The smallest absolute Gasteiger partial charge is 0.0687 e. The van der Waals surface area contributed by atoms with Crippen LogP contribution in [0.3, 0.4) is 0 Å². The first-order valence-corrected chi connectivity index (χ1v) is 4.09. The minimum absolute atomic E-state index is 1.15. The molecule has 0 amide bonds. The number of allylic oxidation sites excluding steroid dienone is 2. The lowest BCUT2D eigenvalue weighted by Crippen LogP contribution is -1.91. The Hall–Kier alpha value is -1.31. The van der Waals surface area contributed by atoms with E-state index in [0.717, 1.165) is 5.69 Å². The van der Waals surface area contributed by atoms with E-state index in [1.54, 1.807) is 0 Å². The first-order chi connectivity index (χ1) is 5.79. The normalized spacial score (nSPS) is 11.9. The van der Waals surface area contributed by atoms with Crippen LogP contribution in [0, 0.1) is 6.92 Å². The maximum absolute atomic E-state index is 4.20. The summed E-state index contributed by atoms with van der Waals surface area (Å²) in [5.41, 5.74) is 2.35. The molecule has 64 valence electrons. The summed E-state index contributed by atoms with van der Waals surface area (Å²) in [4.78, 5) is 0. The van der Waals surface area contributed by atoms with Crippen LogP contribution >= 0.6 is 0 Å². The van der Waals surface area contributed by atoms with E-state index in [4.69, 9.17) is 0 Å². The summed E-state index contributed by atoms with van der Waals surface area (Å²) in [6.45, 7) is 6.05. The summed E-state index contributed by atoms with van der Waals surface area (Å²) in [5, 5.41) is 4.20. The fourth-order valence-electron chi connectivity index (χ4n) is 1.08. The van der Waals surface area contributed by atoms with E-state index < -0.39 is 0 Å². The average molecular weight is 162 g/mol. The Labute approximate surface area is 73.2 Å². The summed E-state index contributed by atoms with van der Waals surface area (Å²) in [5.74, 6) is 0. The molecule has 0 unspecified atom stereocenters. The summed E-state index contributed by atoms with van der Waals surface area (Å²) in [7, 11) is 0. The van der Waals surface area contributed by atoms with Crippen LogP contribution in [0.1, 0.15) is 25.1 Å². The molecule has 0 saturated carbocycles. The maximum Gasteiger partial charge on any atom is 0.0687 e. The zero-order valence-corrected chi connectivity index (χ0v) is 7.78. The molecule has 0 aliphatic heterocycles. The van der Waals surface area contributed by atoms with Crippen molar-refractivity contribution >= 4 is 12.3 Å². The van der Waals surface area contributed by atoms with Crippen molar-refractivity contribution in [2.75, 3.05) is 0 Å². The maximum atomic E-state index is 4.20. The minimum Gasteiger partial charge on any atom is -0.241 e. The van der Waals surface area contributed by atoms with E-state index >= 15 is 0 Å². The summed E-state index contributed by atoms with van der Waals surface area (Å²) < 4.78 is 1.87. The second kappa shape index (κ2) is 3.90. The van der Waals surface area contributed by atoms with E-state index in [1.807, 2.05) is 43.1 Å². The van der Waals surface area contributed by atoms with E-state index in [9.17, 15) is 0 Å². The predicted molar refractivity (Wildman–Crippen MR) is 52.7 cm³/mol. The second-order valence-corrected chi connectivity index (χ2v) is 2.64. The van der Waals surface area contributed by atoms with Gasteiger partial charge in [-0.1, -0.05) is 12.2 Å². The SMILES string of the molecule is C/C=C\c1c(C)cnn1/C=C\C. The molecule has 0 bridgehead atoms. The number of aromatic nitrogens is 2. The average Bonchev–Trinajstić information content (AvgIpc) is 2.37. The molecule has 12 heavy (non-hydrogen) atoms. The Morgan fingerprint density at radius 1 is 1.33 bits per heavy atom. The highest BCUT2D eigenvalue weighted by atomic mass is 15.3. The van der Waals surface area contributed by atoms with Gasteiger partial charge in [0.25, 0.3) is 0 Å². The van der Waals surface area contributed by atoms with Crippen LogP contribution in [-0.2, 0) is 0 Å². The van der Waals surface area contributed by atoms with Crippen LogP contribution in [0.2, 0.25) is 0 Å². The lowest BCUT2D eigenvalue weighted by Gasteiger charge is -1.96. The van der Waals surface area contributed by atoms with Crippen molar-refractivity contribution in [2.45, 2.75) is 20.8 Å². The zero-order valence-electron chi connectivity index (χ0n) is 7.78. The monoisotopic (exact) mass is 162 g/mol. The Morgan fingerprint density at radius 2 is 2.08 bits per heavy atom. The highest BCUT2D eigenvalue weighted by Crippen LogP contribution is 2.09. The van der Waals surface area contributed by atoms with E-state index in [2.05, 4.69) is 18.1 Å². The summed E-state index contributed by atoms with van der Waals surface area (Å²) in [6, 6.07) is 0. The van der Waals surface area contributed by atoms with Crippen LogP contribution in [0.4, 0.5) is 0 Å². The highest BCUT2D eigenvalue weighted by Gasteiger charge is 1.99. The molecule has 0 fully saturated rings. The molecule has 1 rings (SSSR count). The molecule has 0 spiro atoms. The fourth-order valence-corrected chi connectivity index (χ4v) is 1.08. The van der Waals surface area contributed by atoms with Crippen molar-refractivity contribution in [3.05, 3.63) is 29.6 Å². The number of nitrogens with zero attached hydrogens (tertiary/aromatic N) is 2. The Balaban J connectivity index is 3.12. The van der Waals surface area contributed by atoms with E-state index in [-0.39, 0.29) is 0 Å². The Morgan fingerprint density at radius 3 is 2.67 bits per heavy atom. The van der Waals surface area contributed by atoms with Gasteiger partial charge in [0.2, 0.25) is 0 Å². The fraction of sp³-hybridized carbons (Fsp3) is 0.300. The van der Waals surface area contributed by atoms with Gasteiger partial charge in [0, 0.05) is 6.20 Å². The van der Waals surface area contributed by atoms with Crippen molar-refractivity contribution in [1.82, 2.24) is 9.78 Å². The van der Waals surface area contributed by atoms with Gasteiger partial charge in [-0.15, -0.1) is 0 Å². The molecule has 2 nitrogen and oxygen atoms in total. The number of hydrogen-bond donors (Lipinski definition) is 0. The van der Waals surface area contributed by atoms with Gasteiger partial charge < -0.3 is 0 Å². The first kappa shape index (κ1) is 8.78. The van der Waals surface area contributed by atoms with Gasteiger partial charge in [0.1, 0.15) is 0 Å². The second-order valence-electron chi connectivity index (χ2n) is 2.64. The van der Waals surface area contributed by atoms with Gasteiger partial charge in [-0.3, -0.25) is 0 Å².